The Balaban J connectivity index is 1.80. The third-order valence-corrected chi connectivity index (χ3v) is 4.15. The number of nitrogens with two attached hydrogens (primary N) is 1. The number of rotatable bonds is 3. The Morgan fingerprint density at radius 3 is 2.76 bits per heavy atom. The molecule has 0 spiro atoms. The van der Waals surface area contributed by atoms with Crippen molar-refractivity contribution >= 4 is 32.6 Å². The van der Waals surface area contributed by atoms with Crippen LogP contribution < -0.4 is 11.1 Å². The van der Waals surface area contributed by atoms with Crippen LogP contribution in [0.3, 0.4) is 0 Å². The summed E-state index contributed by atoms with van der Waals surface area (Å²) in [5, 5.41) is 3.37. The lowest BCUT2D eigenvalue weighted by Crippen LogP contribution is -2.27. The zero-order chi connectivity index (χ0) is 14.8. The minimum absolute atomic E-state index is 0.253. The van der Waals surface area contributed by atoms with Crippen molar-refractivity contribution in [2.45, 2.75) is 13.0 Å². The van der Waals surface area contributed by atoms with E-state index in [4.69, 9.17) is 5.73 Å². The van der Waals surface area contributed by atoms with Crippen LogP contribution in [0.25, 0.3) is 10.2 Å². The minimum atomic E-state index is -0.694. The summed E-state index contributed by atoms with van der Waals surface area (Å²) in [6, 6.07) is 14.6. The summed E-state index contributed by atoms with van der Waals surface area (Å²) < 4.78 is 1.05. The summed E-state index contributed by atoms with van der Waals surface area (Å²) in [5.74, 6) is -0.253. The summed E-state index contributed by atoms with van der Waals surface area (Å²) in [4.78, 5) is 16.6. The Kier molecular flexibility index (Phi) is 3.68. The molecule has 3 N–H and O–H groups in total. The minimum Gasteiger partial charge on any atom is -0.316 e. The van der Waals surface area contributed by atoms with Crippen molar-refractivity contribution in [1.29, 1.82) is 0 Å². The summed E-state index contributed by atoms with van der Waals surface area (Å²) in [6.45, 7) is 2.03. The molecule has 2 aromatic carbocycles. The van der Waals surface area contributed by atoms with E-state index in [-0.39, 0.29) is 5.91 Å². The zero-order valence-electron chi connectivity index (χ0n) is 11.5. The fraction of sp³-hybridized carbons (Fsp3) is 0.125. The first-order valence-corrected chi connectivity index (χ1v) is 7.44. The van der Waals surface area contributed by atoms with E-state index in [2.05, 4.69) is 16.4 Å². The molecule has 0 saturated heterocycles. The smallest absolute Gasteiger partial charge is 0.247 e. The van der Waals surface area contributed by atoms with Gasteiger partial charge in [0.05, 0.1) is 10.2 Å². The number of anilines is 1. The number of nitrogens with zero attached hydrogens (tertiary/aromatic N) is 1. The average molecular weight is 297 g/mol. The van der Waals surface area contributed by atoms with Gasteiger partial charge in [-0.25, -0.2) is 4.98 Å². The molecule has 1 amide bonds. The maximum Gasteiger partial charge on any atom is 0.247 e. The number of aryl methyl sites for hydroxylation is 1. The second-order valence-electron chi connectivity index (χ2n) is 4.87. The molecule has 21 heavy (non-hydrogen) atoms. The molecule has 0 aliphatic rings. The highest BCUT2D eigenvalue weighted by molar-refractivity contribution is 7.22. The Labute approximate surface area is 126 Å². The largest absolute Gasteiger partial charge is 0.316 e. The third-order valence-electron chi connectivity index (χ3n) is 3.22. The van der Waals surface area contributed by atoms with Gasteiger partial charge in [-0.2, -0.15) is 0 Å². The Morgan fingerprint density at radius 1 is 1.24 bits per heavy atom. The molecule has 0 fully saturated rings. The molecule has 1 aromatic heterocycles. The summed E-state index contributed by atoms with van der Waals surface area (Å²) in [5.41, 5.74) is 8.81. The van der Waals surface area contributed by atoms with Crippen LogP contribution in [-0.4, -0.2) is 10.9 Å². The van der Waals surface area contributed by atoms with Gasteiger partial charge in [0.2, 0.25) is 5.91 Å². The molecule has 1 unspecified atom stereocenters. The van der Waals surface area contributed by atoms with Crippen LogP contribution in [0.1, 0.15) is 17.2 Å². The molecule has 1 heterocycles. The molecule has 3 aromatic rings. The van der Waals surface area contributed by atoms with Crippen LogP contribution >= 0.6 is 11.3 Å². The summed E-state index contributed by atoms with van der Waals surface area (Å²) in [7, 11) is 0. The average Bonchev–Trinajstić information content (AvgIpc) is 2.88. The van der Waals surface area contributed by atoms with Crippen LogP contribution in [0.15, 0.2) is 48.5 Å². The Morgan fingerprint density at radius 2 is 2.00 bits per heavy atom. The first kappa shape index (κ1) is 13.7. The van der Waals surface area contributed by atoms with E-state index >= 15 is 0 Å². The monoisotopic (exact) mass is 297 g/mol. The van der Waals surface area contributed by atoms with E-state index in [1.807, 2.05) is 49.4 Å². The second kappa shape index (κ2) is 5.63. The first-order chi connectivity index (χ1) is 10.1. The van der Waals surface area contributed by atoms with Gasteiger partial charge in [-0.3, -0.25) is 4.79 Å². The van der Waals surface area contributed by atoms with Crippen LogP contribution in [0.2, 0.25) is 0 Å². The number of carbonyl (C=O) groups is 1. The summed E-state index contributed by atoms with van der Waals surface area (Å²) >= 11 is 1.45. The van der Waals surface area contributed by atoms with Gasteiger partial charge in [-0.05, 0) is 30.2 Å². The van der Waals surface area contributed by atoms with Gasteiger partial charge in [0, 0.05) is 0 Å². The maximum atomic E-state index is 12.2. The second-order valence-corrected chi connectivity index (χ2v) is 5.90. The summed E-state index contributed by atoms with van der Waals surface area (Å²) in [6.07, 6.45) is 0. The van der Waals surface area contributed by atoms with Crippen molar-refractivity contribution in [2.75, 3.05) is 5.32 Å². The molecule has 0 aliphatic heterocycles. The van der Waals surface area contributed by atoms with Gasteiger partial charge in [0.25, 0.3) is 0 Å². The van der Waals surface area contributed by atoms with Gasteiger partial charge in [-0.15, -0.1) is 0 Å². The standard InChI is InChI=1S/C16H15N3OS/c1-10-7-8-12-13(9-10)21-16(18-12)19-15(20)14(17)11-5-3-2-4-6-11/h2-9,14H,17H2,1H3,(H,18,19,20). The van der Waals surface area contributed by atoms with Gasteiger partial charge in [0.15, 0.2) is 5.13 Å². The van der Waals surface area contributed by atoms with Gasteiger partial charge in [0.1, 0.15) is 6.04 Å². The van der Waals surface area contributed by atoms with Gasteiger partial charge < -0.3 is 11.1 Å². The Hall–Kier alpha value is -2.24. The van der Waals surface area contributed by atoms with E-state index in [0.29, 0.717) is 5.13 Å². The molecule has 3 rings (SSSR count). The first-order valence-electron chi connectivity index (χ1n) is 6.62. The highest BCUT2D eigenvalue weighted by atomic mass is 32.1. The highest BCUT2D eigenvalue weighted by Gasteiger charge is 2.17. The number of fused-ring (bicyclic) bond motifs is 1. The SMILES string of the molecule is Cc1ccc2nc(NC(=O)C(N)c3ccccc3)sc2c1. The quantitative estimate of drug-likeness (QED) is 0.780. The van der Waals surface area contributed by atoms with Crippen molar-refractivity contribution in [1.82, 2.24) is 4.98 Å². The van der Waals surface area contributed by atoms with Crippen molar-refractivity contribution in [3.05, 3.63) is 59.7 Å². The number of carbonyl (C=O) groups excluding carboxylic acids is 1. The number of amides is 1. The predicted molar refractivity (Wildman–Crippen MR) is 86.4 cm³/mol. The van der Waals surface area contributed by atoms with E-state index in [9.17, 15) is 4.79 Å². The number of benzene rings is 2. The van der Waals surface area contributed by atoms with E-state index in [1.165, 1.54) is 16.9 Å². The number of hydrogen-bond acceptors (Lipinski definition) is 4. The molecular weight excluding hydrogens is 282 g/mol. The van der Waals surface area contributed by atoms with Crippen LogP contribution in [0, 0.1) is 6.92 Å². The van der Waals surface area contributed by atoms with Crippen molar-refractivity contribution < 1.29 is 4.79 Å². The van der Waals surface area contributed by atoms with E-state index in [1.54, 1.807) is 0 Å². The van der Waals surface area contributed by atoms with Crippen molar-refractivity contribution in [2.24, 2.45) is 5.73 Å². The fourth-order valence-corrected chi connectivity index (χ4v) is 3.05. The van der Waals surface area contributed by atoms with Crippen molar-refractivity contribution in [3.8, 4) is 0 Å². The topological polar surface area (TPSA) is 68.0 Å². The van der Waals surface area contributed by atoms with E-state index in [0.717, 1.165) is 15.8 Å². The third kappa shape index (κ3) is 2.94. The lowest BCUT2D eigenvalue weighted by Gasteiger charge is -2.10. The normalized spacial score (nSPS) is 12.3. The molecule has 0 saturated carbocycles. The van der Waals surface area contributed by atoms with Crippen LogP contribution in [0.5, 0.6) is 0 Å². The molecule has 0 bridgehead atoms. The van der Waals surface area contributed by atoms with Crippen LogP contribution in [-0.2, 0) is 4.79 Å². The molecule has 106 valence electrons. The fourth-order valence-electron chi connectivity index (χ4n) is 2.08. The molecule has 0 radical (unpaired) electrons. The lowest BCUT2D eigenvalue weighted by molar-refractivity contribution is -0.117. The van der Waals surface area contributed by atoms with Crippen LogP contribution in [0.4, 0.5) is 5.13 Å². The van der Waals surface area contributed by atoms with Gasteiger partial charge >= 0.3 is 0 Å². The van der Waals surface area contributed by atoms with Gasteiger partial charge in [-0.1, -0.05) is 47.7 Å². The van der Waals surface area contributed by atoms with E-state index < -0.39 is 6.04 Å². The highest BCUT2D eigenvalue weighted by Crippen LogP contribution is 2.27. The number of aromatic nitrogens is 1. The molecule has 1 atom stereocenters. The molecule has 0 aliphatic carbocycles. The zero-order valence-corrected chi connectivity index (χ0v) is 12.4. The molecule has 5 heteroatoms. The molecular formula is C16H15N3OS. The lowest BCUT2D eigenvalue weighted by atomic mass is 10.1. The Bertz CT molecular complexity index is 783. The van der Waals surface area contributed by atoms with Crippen molar-refractivity contribution in [3.63, 3.8) is 0 Å². The maximum absolute atomic E-state index is 12.2. The number of thiazole rings is 1. The number of nitrogens with one attached hydrogen (secondary N) is 1. The predicted octanol–water partition coefficient (Wildman–Crippen LogP) is 3.24. The molecule has 4 nitrogen and oxygen atoms in total. The number of hydrogen-bond donors (Lipinski definition) is 2.